The molecule has 1 aromatic carbocycles. The molecule has 1 atom stereocenters. The van der Waals surface area contributed by atoms with Crippen molar-refractivity contribution in [1.82, 2.24) is 10.2 Å². The molecule has 0 saturated heterocycles. The second kappa shape index (κ2) is 6.55. The number of ether oxygens (including phenoxy) is 1. The van der Waals surface area contributed by atoms with Gasteiger partial charge in [-0.15, -0.1) is 0 Å². The minimum absolute atomic E-state index is 0.286. The van der Waals surface area contributed by atoms with E-state index in [1.54, 1.807) is 0 Å². The Morgan fingerprint density at radius 3 is 3.06 bits per heavy atom. The van der Waals surface area contributed by atoms with Crippen molar-refractivity contribution < 1.29 is 4.74 Å². The molecule has 1 aliphatic heterocycles. The topological polar surface area (TPSA) is 24.5 Å². The number of fused-ring (bicyclic) bond motifs is 1. The van der Waals surface area contributed by atoms with E-state index in [9.17, 15) is 0 Å². The van der Waals surface area contributed by atoms with Gasteiger partial charge in [-0.2, -0.15) is 0 Å². The van der Waals surface area contributed by atoms with Gasteiger partial charge in [-0.25, -0.2) is 0 Å². The highest BCUT2D eigenvalue weighted by atomic mass is 79.9. The third-order valence-electron chi connectivity index (χ3n) is 3.09. The Labute approximate surface area is 118 Å². The number of benzene rings is 1. The van der Waals surface area contributed by atoms with Gasteiger partial charge in [0.15, 0.2) is 0 Å². The van der Waals surface area contributed by atoms with Crippen LogP contribution in [0.3, 0.4) is 0 Å². The standard InChI is InChI=1S/C14H21BrN2O/c1-17(2)7-3-6-16-10-13-9-11-8-12(15)4-5-14(11)18-13/h4-5,8,13,16H,3,6-7,9-10H2,1-2H3. The van der Waals surface area contributed by atoms with Gasteiger partial charge in [0.25, 0.3) is 0 Å². The molecule has 4 heteroatoms. The number of nitrogens with zero attached hydrogens (tertiary/aromatic N) is 1. The molecule has 3 nitrogen and oxygen atoms in total. The van der Waals surface area contributed by atoms with Gasteiger partial charge in [0.2, 0.25) is 0 Å². The summed E-state index contributed by atoms with van der Waals surface area (Å²) < 4.78 is 7.02. The van der Waals surface area contributed by atoms with E-state index < -0.39 is 0 Å². The van der Waals surface area contributed by atoms with Gasteiger partial charge in [-0.3, -0.25) is 0 Å². The molecular weight excluding hydrogens is 292 g/mol. The van der Waals surface area contributed by atoms with Crippen LogP contribution >= 0.6 is 15.9 Å². The fourth-order valence-electron chi connectivity index (χ4n) is 2.19. The lowest BCUT2D eigenvalue weighted by Crippen LogP contribution is -2.31. The highest BCUT2D eigenvalue weighted by Crippen LogP contribution is 2.30. The van der Waals surface area contributed by atoms with E-state index in [1.807, 2.05) is 12.1 Å². The second-order valence-corrected chi connectivity index (χ2v) is 5.97. The van der Waals surface area contributed by atoms with Gasteiger partial charge >= 0.3 is 0 Å². The first-order chi connectivity index (χ1) is 8.65. The summed E-state index contributed by atoms with van der Waals surface area (Å²) >= 11 is 3.50. The Kier molecular flexibility index (Phi) is 5.03. The Morgan fingerprint density at radius 2 is 2.28 bits per heavy atom. The first kappa shape index (κ1) is 13.8. The molecule has 1 N–H and O–H groups in total. The van der Waals surface area contributed by atoms with E-state index in [-0.39, 0.29) is 6.10 Å². The van der Waals surface area contributed by atoms with Crippen LogP contribution < -0.4 is 10.1 Å². The molecule has 1 aromatic rings. The van der Waals surface area contributed by atoms with Gasteiger partial charge in [-0.1, -0.05) is 15.9 Å². The zero-order valence-electron chi connectivity index (χ0n) is 11.1. The van der Waals surface area contributed by atoms with Crippen LogP contribution in [0.2, 0.25) is 0 Å². The van der Waals surface area contributed by atoms with Crippen LogP contribution in [-0.4, -0.2) is 44.7 Å². The summed E-state index contributed by atoms with van der Waals surface area (Å²) in [4.78, 5) is 2.21. The zero-order valence-corrected chi connectivity index (χ0v) is 12.7. The van der Waals surface area contributed by atoms with Crippen molar-refractivity contribution in [2.24, 2.45) is 0 Å². The molecule has 0 bridgehead atoms. The number of hydrogen-bond acceptors (Lipinski definition) is 3. The molecule has 1 heterocycles. The maximum atomic E-state index is 5.90. The van der Waals surface area contributed by atoms with E-state index in [4.69, 9.17) is 4.74 Å². The molecular formula is C14H21BrN2O. The van der Waals surface area contributed by atoms with Crippen molar-refractivity contribution in [3.8, 4) is 5.75 Å². The van der Waals surface area contributed by atoms with Gasteiger partial charge in [0, 0.05) is 17.4 Å². The fourth-order valence-corrected chi connectivity index (χ4v) is 2.59. The van der Waals surface area contributed by atoms with Crippen molar-refractivity contribution in [2.75, 3.05) is 33.7 Å². The molecule has 0 aromatic heterocycles. The summed E-state index contributed by atoms with van der Waals surface area (Å²) in [7, 11) is 4.21. The molecule has 0 amide bonds. The Hall–Kier alpha value is -0.580. The maximum absolute atomic E-state index is 5.90. The third-order valence-corrected chi connectivity index (χ3v) is 3.59. The van der Waals surface area contributed by atoms with Crippen molar-refractivity contribution in [3.05, 3.63) is 28.2 Å². The number of hydrogen-bond donors (Lipinski definition) is 1. The van der Waals surface area contributed by atoms with Crippen molar-refractivity contribution in [2.45, 2.75) is 18.9 Å². The minimum atomic E-state index is 0.286. The fraction of sp³-hybridized carbons (Fsp3) is 0.571. The summed E-state index contributed by atoms with van der Waals surface area (Å²) in [5.41, 5.74) is 1.31. The Balaban J connectivity index is 1.68. The predicted octanol–water partition coefficient (Wildman–Crippen LogP) is 2.29. The normalized spacial score (nSPS) is 17.9. The minimum Gasteiger partial charge on any atom is -0.488 e. The van der Waals surface area contributed by atoms with E-state index in [2.05, 4.69) is 46.3 Å². The Bertz CT molecular complexity index is 395. The molecule has 1 unspecified atom stereocenters. The highest BCUT2D eigenvalue weighted by molar-refractivity contribution is 9.10. The van der Waals surface area contributed by atoms with Crippen LogP contribution in [-0.2, 0) is 6.42 Å². The van der Waals surface area contributed by atoms with Gasteiger partial charge in [-0.05, 0) is 57.4 Å². The lowest BCUT2D eigenvalue weighted by molar-refractivity contribution is 0.227. The lowest BCUT2D eigenvalue weighted by atomic mass is 10.1. The van der Waals surface area contributed by atoms with Crippen LogP contribution in [0.25, 0.3) is 0 Å². The molecule has 0 fully saturated rings. The van der Waals surface area contributed by atoms with Crippen LogP contribution in [0.5, 0.6) is 5.75 Å². The van der Waals surface area contributed by atoms with Crippen molar-refractivity contribution in [3.63, 3.8) is 0 Å². The monoisotopic (exact) mass is 312 g/mol. The quantitative estimate of drug-likeness (QED) is 0.816. The number of halogens is 1. The van der Waals surface area contributed by atoms with E-state index >= 15 is 0 Å². The van der Waals surface area contributed by atoms with Gasteiger partial charge in [0.1, 0.15) is 11.9 Å². The SMILES string of the molecule is CN(C)CCCNCC1Cc2cc(Br)ccc2O1. The summed E-state index contributed by atoms with van der Waals surface area (Å²) in [5.74, 6) is 1.04. The predicted molar refractivity (Wildman–Crippen MR) is 78.3 cm³/mol. The molecule has 0 aliphatic carbocycles. The summed E-state index contributed by atoms with van der Waals surface area (Å²) in [6.45, 7) is 3.11. The molecule has 100 valence electrons. The van der Waals surface area contributed by atoms with Gasteiger partial charge in [0.05, 0.1) is 0 Å². The number of rotatable bonds is 6. The van der Waals surface area contributed by atoms with Crippen LogP contribution in [0, 0.1) is 0 Å². The molecule has 0 spiro atoms. The Morgan fingerprint density at radius 1 is 1.44 bits per heavy atom. The van der Waals surface area contributed by atoms with Gasteiger partial charge < -0.3 is 15.0 Å². The van der Waals surface area contributed by atoms with Crippen LogP contribution in [0.15, 0.2) is 22.7 Å². The maximum Gasteiger partial charge on any atom is 0.123 e. The average molecular weight is 313 g/mol. The number of nitrogens with one attached hydrogen (secondary N) is 1. The summed E-state index contributed by atoms with van der Waals surface area (Å²) in [6.07, 6.45) is 2.47. The smallest absolute Gasteiger partial charge is 0.123 e. The van der Waals surface area contributed by atoms with Crippen LogP contribution in [0.1, 0.15) is 12.0 Å². The zero-order chi connectivity index (χ0) is 13.0. The van der Waals surface area contributed by atoms with Crippen LogP contribution in [0.4, 0.5) is 0 Å². The van der Waals surface area contributed by atoms with Crippen molar-refractivity contribution >= 4 is 15.9 Å². The molecule has 1 aliphatic rings. The second-order valence-electron chi connectivity index (χ2n) is 5.06. The van der Waals surface area contributed by atoms with E-state index in [0.29, 0.717) is 0 Å². The summed E-state index contributed by atoms with van der Waals surface area (Å²) in [5, 5.41) is 3.47. The molecule has 0 saturated carbocycles. The first-order valence-electron chi connectivity index (χ1n) is 6.45. The molecule has 18 heavy (non-hydrogen) atoms. The average Bonchev–Trinajstić information content (AvgIpc) is 2.70. The molecule has 0 radical (unpaired) electrons. The van der Waals surface area contributed by atoms with E-state index in [1.165, 1.54) is 12.0 Å². The van der Waals surface area contributed by atoms with E-state index in [0.717, 1.165) is 36.3 Å². The summed E-state index contributed by atoms with van der Waals surface area (Å²) in [6, 6.07) is 6.23. The third kappa shape index (κ3) is 3.97. The van der Waals surface area contributed by atoms with Crippen molar-refractivity contribution in [1.29, 1.82) is 0 Å². The first-order valence-corrected chi connectivity index (χ1v) is 7.25. The highest BCUT2D eigenvalue weighted by Gasteiger charge is 2.22. The molecule has 2 rings (SSSR count). The lowest BCUT2D eigenvalue weighted by Gasteiger charge is -2.13. The largest absolute Gasteiger partial charge is 0.488 e.